The van der Waals surface area contributed by atoms with Crippen LogP contribution >= 0.6 is 0 Å². The standard InChI is InChI=1S/C14H11FN4O/c15-11-3-1-2-10-12(6-7-20-14(10)11)17-13-5-4-9(8-16)18-19-13/h1-5,12H,6-7H2,(H,17,19)/t12-/m0/s1. The molecule has 3 rings (SSSR count). The number of benzene rings is 1. The van der Waals surface area contributed by atoms with Gasteiger partial charge in [-0.3, -0.25) is 0 Å². The van der Waals surface area contributed by atoms with Gasteiger partial charge in [0.1, 0.15) is 11.9 Å². The minimum absolute atomic E-state index is 0.0864. The van der Waals surface area contributed by atoms with Crippen molar-refractivity contribution in [1.29, 1.82) is 5.26 Å². The van der Waals surface area contributed by atoms with E-state index in [0.29, 0.717) is 18.8 Å². The van der Waals surface area contributed by atoms with Crippen LogP contribution < -0.4 is 10.1 Å². The van der Waals surface area contributed by atoms with Crippen molar-refractivity contribution < 1.29 is 9.13 Å². The van der Waals surface area contributed by atoms with Crippen LogP contribution in [0.5, 0.6) is 5.75 Å². The molecule has 0 saturated heterocycles. The first-order chi connectivity index (χ1) is 9.78. The largest absolute Gasteiger partial charge is 0.490 e. The summed E-state index contributed by atoms with van der Waals surface area (Å²) in [7, 11) is 0. The van der Waals surface area contributed by atoms with Gasteiger partial charge in [-0.25, -0.2) is 4.39 Å². The molecule has 1 aromatic heterocycles. The lowest BCUT2D eigenvalue weighted by Crippen LogP contribution is -2.21. The second-order valence-electron chi connectivity index (χ2n) is 4.41. The van der Waals surface area contributed by atoms with Gasteiger partial charge in [-0.05, 0) is 18.2 Å². The normalized spacial score (nSPS) is 16.7. The SMILES string of the molecule is N#Cc1ccc(N[C@H]2CCOc3c(F)cccc32)nn1. The Balaban J connectivity index is 1.86. The van der Waals surface area contributed by atoms with Gasteiger partial charge in [-0.1, -0.05) is 12.1 Å². The lowest BCUT2D eigenvalue weighted by Gasteiger charge is -2.27. The Kier molecular flexibility index (Phi) is 3.17. The number of aromatic nitrogens is 2. The third-order valence-corrected chi connectivity index (χ3v) is 3.13. The first-order valence-corrected chi connectivity index (χ1v) is 6.19. The summed E-state index contributed by atoms with van der Waals surface area (Å²) in [6, 6.07) is 9.95. The number of nitriles is 1. The van der Waals surface area contributed by atoms with Crippen LogP contribution in [0.4, 0.5) is 10.2 Å². The molecule has 0 bridgehead atoms. The van der Waals surface area contributed by atoms with E-state index in [2.05, 4.69) is 15.5 Å². The van der Waals surface area contributed by atoms with Crippen LogP contribution in [0.1, 0.15) is 23.7 Å². The summed E-state index contributed by atoms with van der Waals surface area (Å²) in [6.07, 6.45) is 0.706. The Hall–Kier alpha value is -2.68. The summed E-state index contributed by atoms with van der Waals surface area (Å²) < 4.78 is 19.0. The zero-order valence-electron chi connectivity index (χ0n) is 10.5. The lowest BCUT2D eigenvalue weighted by atomic mass is 10.0. The maximum atomic E-state index is 13.7. The van der Waals surface area contributed by atoms with Gasteiger partial charge in [-0.15, -0.1) is 10.2 Å². The molecule has 100 valence electrons. The Morgan fingerprint density at radius 3 is 2.95 bits per heavy atom. The molecular formula is C14H11FN4O. The Labute approximate surface area is 115 Å². The number of hydrogen-bond acceptors (Lipinski definition) is 5. The zero-order chi connectivity index (χ0) is 13.9. The van der Waals surface area contributed by atoms with E-state index in [0.717, 1.165) is 5.56 Å². The molecule has 5 nitrogen and oxygen atoms in total. The zero-order valence-corrected chi connectivity index (χ0v) is 10.5. The highest BCUT2D eigenvalue weighted by atomic mass is 19.1. The van der Waals surface area contributed by atoms with E-state index in [-0.39, 0.29) is 23.3 Å². The number of ether oxygens (including phenoxy) is 1. The van der Waals surface area contributed by atoms with Crippen molar-refractivity contribution in [2.24, 2.45) is 0 Å². The van der Waals surface area contributed by atoms with Crippen molar-refractivity contribution in [3.63, 3.8) is 0 Å². The van der Waals surface area contributed by atoms with Crippen molar-refractivity contribution >= 4 is 5.82 Å². The monoisotopic (exact) mass is 270 g/mol. The minimum Gasteiger partial charge on any atom is -0.490 e. The third-order valence-electron chi connectivity index (χ3n) is 3.13. The van der Waals surface area contributed by atoms with Gasteiger partial charge in [0.25, 0.3) is 0 Å². The average Bonchev–Trinajstić information content (AvgIpc) is 2.49. The van der Waals surface area contributed by atoms with E-state index in [9.17, 15) is 4.39 Å². The lowest BCUT2D eigenvalue weighted by molar-refractivity contribution is 0.260. The number of para-hydroxylation sites is 1. The van der Waals surface area contributed by atoms with Gasteiger partial charge in [0.15, 0.2) is 17.3 Å². The minimum atomic E-state index is -0.361. The Bertz CT molecular complexity index is 666. The van der Waals surface area contributed by atoms with Crippen LogP contribution in [0.25, 0.3) is 0 Å². The highest BCUT2D eigenvalue weighted by molar-refractivity contribution is 5.45. The van der Waals surface area contributed by atoms with Gasteiger partial charge >= 0.3 is 0 Å². The molecule has 6 heteroatoms. The highest BCUT2D eigenvalue weighted by Crippen LogP contribution is 2.35. The van der Waals surface area contributed by atoms with Gasteiger partial charge in [-0.2, -0.15) is 5.26 Å². The maximum absolute atomic E-state index is 13.7. The number of nitrogens with zero attached hydrogens (tertiary/aromatic N) is 3. The fourth-order valence-electron chi connectivity index (χ4n) is 2.18. The molecule has 1 N–H and O–H groups in total. The molecule has 1 aliphatic heterocycles. The Morgan fingerprint density at radius 1 is 1.30 bits per heavy atom. The van der Waals surface area contributed by atoms with Crippen LogP contribution in [0.15, 0.2) is 30.3 Å². The number of nitrogens with one attached hydrogen (secondary N) is 1. The first-order valence-electron chi connectivity index (χ1n) is 6.19. The maximum Gasteiger partial charge on any atom is 0.165 e. The van der Waals surface area contributed by atoms with Crippen LogP contribution in [-0.2, 0) is 0 Å². The van der Waals surface area contributed by atoms with Crippen LogP contribution in [0.3, 0.4) is 0 Å². The molecule has 0 unspecified atom stereocenters. The molecule has 0 amide bonds. The number of fused-ring (bicyclic) bond motifs is 1. The Morgan fingerprint density at radius 2 is 2.20 bits per heavy atom. The number of anilines is 1. The summed E-state index contributed by atoms with van der Waals surface area (Å²) >= 11 is 0. The van der Waals surface area contributed by atoms with E-state index in [1.165, 1.54) is 6.07 Å². The van der Waals surface area contributed by atoms with E-state index in [1.807, 2.05) is 12.1 Å². The van der Waals surface area contributed by atoms with Gasteiger partial charge in [0, 0.05) is 12.0 Å². The molecule has 0 radical (unpaired) electrons. The molecule has 0 saturated carbocycles. The second kappa shape index (κ2) is 5.13. The predicted octanol–water partition coefficient (Wildman–Crippen LogP) is 2.42. The molecule has 0 aliphatic carbocycles. The molecule has 0 fully saturated rings. The van der Waals surface area contributed by atoms with Crippen LogP contribution in [0, 0.1) is 17.1 Å². The first kappa shape index (κ1) is 12.4. The number of halogens is 1. The fraction of sp³-hybridized carbons (Fsp3) is 0.214. The van der Waals surface area contributed by atoms with Crippen molar-refractivity contribution in [2.45, 2.75) is 12.5 Å². The van der Waals surface area contributed by atoms with Crippen molar-refractivity contribution in [3.8, 4) is 11.8 Å². The van der Waals surface area contributed by atoms with Crippen LogP contribution in [0.2, 0.25) is 0 Å². The molecule has 2 aromatic rings. The molecule has 1 atom stereocenters. The highest BCUT2D eigenvalue weighted by Gasteiger charge is 2.24. The van der Waals surface area contributed by atoms with Gasteiger partial charge in [0.2, 0.25) is 0 Å². The van der Waals surface area contributed by atoms with Crippen molar-refractivity contribution in [1.82, 2.24) is 10.2 Å². The van der Waals surface area contributed by atoms with Gasteiger partial charge in [0.05, 0.1) is 12.6 Å². The molecule has 2 heterocycles. The summed E-state index contributed by atoms with van der Waals surface area (Å²) in [5.74, 6) is 0.476. The topological polar surface area (TPSA) is 70.8 Å². The molecule has 20 heavy (non-hydrogen) atoms. The van der Waals surface area contributed by atoms with E-state index in [1.54, 1.807) is 18.2 Å². The van der Waals surface area contributed by atoms with Crippen LogP contribution in [-0.4, -0.2) is 16.8 Å². The van der Waals surface area contributed by atoms with Crippen molar-refractivity contribution in [2.75, 3.05) is 11.9 Å². The molecule has 0 spiro atoms. The van der Waals surface area contributed by atoms with E-state index >= 15 is 0 Å². The van der Waals surface area contributed by atoms with E-state index < -0.39 is 0 Å². The molecular weight excluding hydrogens is 259 g/mol. The molecule has 1 aliphatic rings. The van der Waals surface area contributed by atoms with Gasteiger partial charge < -0.3 is 10.1 Å². The quantitative estimate of drug-likeness (QED) is 0.907. The molecule has 1 aromatic carbocycles. The number of rotatable bonds is 2. The summed E-state index contributed by atoms with van der Waals surface area (Å²) in [5, 5.41) is 19.5. The fourth-order valence-corrected chi connectivity index (χ4v) is 2.18. The second-order valence-corrected chi connectivity index (χ2v) is 4.41. The van der Waals surface area contributed by atoms with Crippen molar-refractivity contribution in [3.05, 3.63) is 47.4 Å². The summed E-state index contributed by atoms with van der Waals surface area (Å²) in [4.78, 5) is 0. The summed E-state index contributed by atoms with van der Waals surface area (Å²) in [5.41, 5.74) is 1.02. The predicted molar refractivity (Wildman–Crippen MR) is 69.6 cm³/mol. The third kappa shape index (κ3) is 2.26. The summed E-state index contributed by atoms with van der Waals surface area (Å²) in [6.45, 7) is 0.440. The smallest absolute Gasteiger partial charge is 0.165 e. The van der Waals surface area contributed by atoms with E-state index in [4.69, 9.17) is 10.00 Å². The average molecular weight is 270 g/mol. The number of hydrogen-bond donors (Lipinski definition) is 1.